The van der Waals surface area contributed by atoms with Gasteiger partial charge in [0, 0.05) is 24.4 Å². The van der Waals surface area contributed by atoms with E-state index in [0.29, 0.717) is 6.42 Å². The fourth-order valence-corrected chi connectivity index (χ4v) is 4.89. The summed E-state index contributed by atoms with van der Waals surface area (Å²) >= 11 is 0. The van der Waals surface area contributed by atoms with Gasteiger partial charge in [-0.1, -0.05) is 97.9 Å². The molecule has 2 heteroatoms. The van der Waals surface area contributed by atoms with Gasteiger partial charge in [0.2, 0.25) is 0 Å². The van der Waals surface area contributed by atoms with Crippen LogP contribution in [0.25, 0.3) is 0 Å². The highest BCUT2D eigenvalue weighted by atomic mass is 16.3. The average Bonchev–Trinajstić information content (AvgIpc) is 2.73. The molecule has 0 aromatic heterocycles. The molecule has 3 aromatic carbocycles. The minimum absolute atomic E-state index is 0.111. The zero-order valence-electron chi connectivity index (χ0n) is 16.7. The first-order valence-electron chi connectivity index (χ1n) is 10.2. The van der Waals surface area contributed by atoms with Crippen LogP contribution in [0.15, 0.2) is 91.0 Å². The van der Waals surface area contributed by atoms with E-state index >= 15 is 0 Å². The highest BCUT2D eigenvalue weighted by Gasteiger charge is 2.48. The fraction of sp³-hybridized carbons (Fsp3) is 0.308. The summed E-state index contributed by atoms with van der Waals surface area (Å²) in [5.41, 5.74) is 2.96. The fourth-order valence-electron chi connectivity index (χ4n) is 4.89. The summed E-state index contributed by atoms with van der Waals surface area (Å²) in [6.45, 7) is 2.21. The summed E-state index contributed by atoms with van der Waals surface area (Å²) in [6.07, 6.45) is 1.41. The maximum atomic E-state index is 11.9. The van der Waals surface area contributed by atoms with Gasteiger partial charge in [-0.05, 0) is 30.2 Å². The maximum Gasteiger partial charge on any atom is 0.0749 e. The number of likely N-dealkylation sites (tertiary alicyclic amines) is 1. The van der Waals surface area contributed by atoms with E-state index in [1.54, 1.807) is 0 Å². The number of hydrogen-bond donors (Lipinski definition) is 1. The van der Waals surface area contributed by atoms with Crippen molar-refractivity contribution in [2.45, 2.75) is 37.5 Å². The van der Waals surface area contributed by atoms with Gasteiger partial charge in [0.1, 0.15) is 0 Å². The Balaban J connectivity index is 1.75. The second kappa shape index (κ2) is 7.90. The smallest absolute Gasteiger partial charge is 0.0749 e. The lowest BCUT2D eigenvalue weighted by Crippen LogP contribution is -2.53. The summed E-state index contributed by atoms with van der Waals surface area (Å²) in [5.74, 6) is 0.111. The molecule has 4 atom stereocenters. The first-order chi connectivity index (χ1) is 13.6. The standard InChI is InChI=1S/C26H29NO/c1-20-25(23-16-10-5-11-17-23)27(2)24(22-14-8-4-9-15-22)19-26(20,28)18-21-12-6-3-7-13-21/h3-17,20,24-25,28H,18-19H2,1-2H3/t20-,24+,25-,26-/m1/s1. The van der Waals surface area contributed by atoms with E-state index in [1.165, 1.54) is 16.7 Å². The molecule has 1 aliphatic rings. The lowest BCUT2D eigenvalue weighted by Gasteiger charge is -2.52. The number of aliphatic hydroxyl groups is 1. The van der Waals surface area contributed by atoms with Gasteiger partial charge in [0.25, 0.3) is 0 Å². The van der Waals surface area contributed by atoms with Crippen LogP contribution in [-0.2, 0) is 6.42 Å². The zero-order chi connectivity index (χ0) is 19.6. The second-order valence-electron chi connectivity index (χ2n) is 8.21. The molecule has 4 rings (SSSR count). The third kappa shape index (κ3) is 3.63. The Morgan fingerprint density at radius 3 is 1.89 bits per heavy atom. The van der Waals surface area contributed by atoms with Gasteiger partial charge < -0.3 is 5.11 Å². The molecule has 1 aliphatic heterocycles. The molecule has 0 amide bonds. The van der Waals surface area contributed by atoms with E-state index in [1.807, 2.05) is 6.07 Å². The van der Waals surface area contributed by atoms with E-state index in [4.69, 9.17) is 0 Å². The molecule has 144 valence electrons. The van der Waals surface area contributed by atoms with Crippen LogP contribution in [0.2, 0.25) is 0 Å². The monoisotopic (exact) mass is 371 g/mol. The Bertz CT molecular complexity index is 880. The molecule has 0 aliphatic carbocycles. The second-order valence-corrected chi connectivity index (χ2v) is 8.21. The van der Waals surface area contributed by atoms with Crippen LogP contribution in [0.4, 0.5) is 0 Å². The van der Waals surface area contributed by atoms with Gasteiger partial charge in [-0.25, -0.2) is 0 Å². The van der Waals surface area contributed by atoms with Gasteiger partial charge >= 0.3 is 0 Å². The normalized spacial score (nSPS) is 28.2. The predicted octanol–water partition coefficient (Wildman–Crippen LogP) is 5.41. The van der Waals surface area contributed by atoms with Crippen molar-refractivity contribution in [3.05, 3.63) is 108 Å². The van der Waals surface area contributed by atoms with E-state index in [9.17, 15) is 5.11 Å². The molecule has 1 fully saturated rings. The molecule has 0 radical (unpaired) electrons. The average molecular weight is 372 g/mol. The molecule has 2 nitrogen and oxygen atoms in total. The number of nitrogens with zero attached hydrogens (tertiary/aromatic N) is 1. The van der Waals surface area contributed by atoms with Crippen LogP contribution >= 0.6 is 0 Å². The topological polar surface area (TPSA) is 23.5 Å². The van der Waals surface area contributed by atoms with Gasteiger partial charge in [0.15, 0.2) is 0 Å². The van der Waals surface area contributed by atoms with E-state index in [-0.39, 0.29) is 18.0 Å². The predicted molar refractivity (Wildman–Crippen MR) is 115 cm³/mol. The lowest BCUT2D eigenvalue weighted by atomic mass is 9.68. The Morgan fingerprint density at radius 1 is 0.821 bits per heavy atom. The van der Waals surface area contributed by atoms with Gasteiger partial charge in [-0.2, -0.15) is 0 Å². The third-order valence-corrected chi connectivity index (χ3v) is 6.48. The largest absolute Gasteiger partial charge is 0.389 e. The summed E-state index contributed by atoms with van der Waals surface area (Å²) in [6, 6.07) is 32.0. The number of piperidine rings is 1. The maximum absolute atomic E-state index is 11.9. The molecular weight excluding hydrogens is 342 g/mol. The van der Waals surface area contributed by atoms with Crippen molar-refractivity contribution in [3.8, 4) is 0 Å². The van der Waals surface area contributed by atoms with Crippen molar-refractivity contribution in [2.75, 3.05) is 7.05 Å². The van der Waals surface area contributed by atoms with E-state index in [2.05, 4.69) is 104 Å². The van der Waals surface area contributed by atoms with E-state index < -0.39 is 5.60 Å². The quantitative estimate of drug-likeness (QED) is 0.662. The van der Waals surface area contributed by atoms with Crippen molar-refractivity contribution >= 4 is 0 Å². The Hall–Kier alpha value is -2.42. The molecule has 0 spiro atoms. The van der Waals surface area contributed by atoms with Crippen LogP contribution in [0.5, 0.6) is 0 Å². The van der Waals surface area contributed by atoms with Crippen molar-refractivity contribution in [1.82, 2.24) is 4.90 Å². The summed E-state index contributed by atoms with van der Waals surface area (Å²) in [5, 5.41) is 11.9. The summed E-state index contributed by atoms with van der Waals surface area (Å²) in [7, 11) is 2.20. The number of rotatable bonds is 4. The molecule has 1 saturated heterocycles. The highest BCUT2D eigenvalue weighted by Crippen LogP contribution is 2.49. The van der Waals surface area contributed by atoms with Gasteiger partial charge in [0.05, 0.1) is 5.60 Å². The minimum Gasteiger partial charge on any atom is -0.389 e. The van der Waals surface area contributed by atoms with E-state index in [0.717, 1.165) is 6.42 Å². The first-order valence-corrected chi connectivity index (χ1v) is 10.2. The third-order valence-electron chi connectivity index (χ3n) is 6.48. The molecule has 28 heavy (non-hydrogen) atoms. The molecule has 1 N–H and O–H groups in total. The Kier molecular flexibility index (Phi) is 5.34. The molecule has 0 bridgehead atoms. The van der Waals surface area contributed by atoms with Crippen molar-refractivity contribution in [2.24, 2.45) is 5.92 Å². The van der Waals surface area contributed by atoms with Crippen LogP contribution in [0.1, 0.15) is 42.1 Å². The highest BCUT2D eigenvalue weighted by molar-refractivity contribution is 5.28. The van der Waals surface area contributed by atoms with Crippen molar-refractivity contribution in [1.29, 1.82) is 0 Å². The SMILES string of the molecule is C[C@@H]1[C@H](c2ccccc2)N(C)[C@H](c2ccccc2)C[C@]1(O)Cc1ccccc1. The zero-order valence-corrected chi connectivity index (χ0v) is 16.7. The molecule has 0 saturated carbocycles. The van der Waals surface area contributed by atoms with Crippen LogP contribution < -0.4 is 0 Å². The van der Waals surface area contributed by atoms with Crippen LogP contribution in [0, 0.1) is 5.92 Å². The Morgan fingerprint density at radius 2 is 1.32 bits per heavy atom. The molecule has 1 heterocycles. The van der Waals surface area contributed by atoms with Crippen molar-refractivity contribution in [3.63, 3.8) is 0 Å². The number of benzene rings is 3. The van der Waals surface area contributed by atoms with Gasteiger partial charge in [-0.15, -0.1) is 0 Å². The first kappa shape index (κ1) is 18.9. The lowest BCUT2D eigenvalue weighted by molar-refractivity contribution is -0.113. The Labute approximate surface area is 168 Å². The molecule has 3 aromatic rings. The van der Waals surface area contributed by atoms with Gasteiger partial charge in [-0.3, -0.25) is 4.90 Å². The molecular formula is C26H29NO. The molecule has 0 unspecified atom stereocenters. The van der Waals surface area contributed by atoms with Crippen LogP contribution in [-0.4, -0.2) is 22.7 Å². The summed E-state index contributed by atoms with van der Waals surface area (Å²) in [4.78, 5) is 2.45. The van der Waals surface area contributed by atoms with Crippen molar-refractivity contribution < 1.29 is 5.11 Å². The summed E-state index contributed by atoms with van der Waals surface area (Å²) < 4.78 is 0. The minimum atomic E-state index is -0.769. The number of hydrogen-bond acceptors (Lipinski definition) is 2. The van der Waals surface area contributed by atoms with Crippen LogP contribution in [0.3, 0.4) is 0 Å².